The van der Waals surface area contributed by atoms with Crippen molar-refractivity contribution in [3.05, 3.63) is 0 Å². The van der Waals surface area contributed by atoms with E-state index in [1.54, 1.807) is 0 Å². The van der Waals surface area contributed by atoms with Gasteiger partial charge in [-0.2, -0.15) is 0 Å². The quantitative estimate of drug-likeness (QED) is 0.161. The molecule has 0 aliphatic carbocycles. The van der Waals surface area contributed by atoms with Crippen LogP contribution in [0.4, 0.5) is 0 Å². The van der Waals surface area contributed by atoms with Crippen molar-refractivity contribution >= 4 is 0 Å². The first-order valence-corrected chi connectivity index (χ1v) is 11.9. The van der Waals surface area contributed by atoms with Crippen LogP contribution in [-0.2, 0) is 0 Å². The van der Waals surface area contributed by atoms with Crippen LogP contribution in [0.15, 0.2) is 0 Å². The molecule has 148 valence electrons. The van der Waals surface area contributed by atoms with Crippen molar-refractivity contribution in [3.8, 4) is 11.8 Å². The molecule has 0 aliphatic heterocycles. The summed E-state index contributed by atoms with van der Waals surface area (Å²) in [4.78, 5) is 0. The zero-order valence-corrected chi connectivity index (χ0v) is 17.8. The average Bonchev–Trinajstić information content (AvgIpc) is 2.63. The third-order valence-electron chi connectivity index (χ3n) is 5.19. The summed E-state index contributed by atoms with van der Waals surface area (Å²) < 4.78 is 0. The van der Waals surface area contributed by atoms with Crippen LogP contribution in [0.5, 0.6) is 0 Å². The molecular formula is C25H48. The van der Waals surface area contributed by atoms with E-state index in [0.717, 1.165) is 12.8 Å². The summed E-state index contributed by atoms with van der Waals surface area (Å²) in [5.41, 5.74) is 0. The van der Waals surface area contributed by atoms with Crippen LogP contribution in [0.3, 0.4) is 0 Å². The van der Waals surface area contributed by atoms with E-state index in [9.17, 15) is 0 Å². The Balaban J connectivity index is 3.01. The molecule has 0 N–H and O–H groups in total. The van der Waals surface area contributed by atoms with E-state index < -0.39 is 0 Å². The highest BCUT2D eigenvalue weighted by Gasteiger charge is 1.94. The lowest BCUT2D eigenvalue weighted by Crippen LogP contribution is -1.83. The minimum atomic E-state index is 1.11. The molecule has 0 heterocycles. The molecule has 0 aromatic heterocycles. The first-order chi connectivity index (χ1) is 12.4. The molecule has 0 atom stereocenters. The Bertz CT molecular complexity index is 280. The summed E-state index contributed by atoms with van der Waals surface area (Å²) in [7, 11) is 0. The van der Waals surface area contributed by atoms with Crippen LogP contribution in [0.1, 0.15) is 149 Å². The van der Waals surface area contributed by atoms with Gasteiger partial charge in [0.1, 0.15) is 0 Å². The van der Waals surface area contributed by atoms with Gasteiger partial charge in [-0.25, -0.2) is 0 Å². The fraction of sp³-hybridized carbons (Fsp3) is 0.920. The van der Waals surface area contributed by atoms with Crippen molar-refractivity contribution in [1.82, 2.24) is 0 Å². The molecule has 0 aliphatic rings. The van der Waals surface area contributed by atoms with E-state index in [0.29, 0.717) is 0 Å². The van der Waals surface area contributed by atoms with Crippen LogP contribution in [0, 0.1) is 11.8 Å². The Kier molecular flexibility index (Phi) is 23.1. The lowest BCUT2D eigenvalue weighted by molar-refractivity contribution is 0.528. The van der Waals surface area contributed by atoms with Crippen molar-refractivity contribution in [3.63, 3.8) is 0 Å². The van der Waals surface area contributed by atoms with Gasteiger partial charge in [-0.05, 0) is 12.8 Å². The van der Waals surface area contributed by atoms with Crippen LogP contribution >= 0.6 is 0 Å². The molecule has 0 radical (unpaired) electrons. The molecular weight excluding hydrogens is 300 g/mol. The second-order valence-corrected chi connectivity index (χ2v) is 7.86. The standard InChI is InChI=1S/C25H48/c1-3-5-7-9-11-13-15-17-19-21-23-25-24-22-20-18-16-14-12-10-8-6-4-2/h3-9,11,13-25H2,1-2H3. The fourth-order valence-electron chi connectivity index (χ4n) is 3.38. The predicted molar refractivity (Wildman–Crippen MR) is 116 cm³/mol. The largest absolute Gasteiger partial charge is 0.103 e. The maximum Gasteiger partial charge on any atom is 0.00886 e. The minimum absolute atomic E-state index is 1.11. The van der Waals surface area contributed by atoms with E-state index in [-0.39, 0.29) is 0 Å². The Hall–Kier alpha value is -0.440. The molecule has 0 nitrogen and oxygen atoms in total. The van der Waals surface area contributed by atoms with Crippen molar-refractivity contribution in [2.75, 3.05) is 0 Å². The minimum Gasteiger partial charge on any atom is -0.103 e. The molecule has 0 fully saturated rings. The molecule has 25 heavy (non-hydrogen) atoms. The highest BCUT2D eigenvalue weighted by molar-refractivity contribution is 4.98. The molecule has 0 saturated carbocycles. The molecule has 0 saturated heterocycles. The monoisotopic (exact) mass is 348 g/mol. The number of unbranched alkanes of at least 4 members (excludes halogenated alkanes) is 19. The van der Waals surface area contributed by atoms with Gasteiger partial charge in [0.15, 0.2) is 0 Å². The van der Waals surface area contributed by atoms with Crippen LogP contribution in [0.2, 0.25) is 0 Å². The van der Waals surface area contributed by atoms with Gasteiger partial charge in [0, 0.05) is 12.8 Å². The third-order valence-corrected chi connectivity index (χ3v) is 5.19. The van der Waals surface area contributed by atoms with Crippen molar-refractivity contribution in [2.45, 2.75) is 149 Å². The zero-order valence-electron chi connectivity index (χ0n) is 17.8. The Labute approximate surface area is 160 Å². The summed E-state index contributed by atoms with van der Waals surface area (Å²) in [5, 5.41) is 0. The molecule has 0 amide bonds. The highest BCUT2D eigenvalue weighted by atomic mass is 14.0. The van der Waals surface area contributed by atoms with E-state index in [1.165, 1.54) is 122 Å². The Morgan fingerprint density at radius 1 is 0.320 bits per heavy atom. The zero-order chi connectivity index (χ0) is 18.3. The first kappa shape index (κ1) is 24.6. The van der Waals surface area contributed by atoms with Gasteiger partial charge < -0.3 is 0 Å². The summed E-state index contributed by atoms with van der Waals surface area (Å²) >= 11 is 0. The van der Waals surface area contributed by atoms with Gasteiger partial charge in [0.2, 0.25) is 0 Å². The molecule has 0 aromatic rings. The van der Waals surface area contributed by atoms with Gasteiger partial charge in [-0.1, -0.05) is 123 Å². The van der Waals surface area contributed by atoms with Gasteiger partial charge >= 0.3 is 0 Å². The van der Waals surface area contributed by atoms with E-state index in [1.807, 2.05) is 0 Å². The van der Waals surface area contributed by atoms with Gasteiger partial charge in [0.25, 0.3) is 0 Å². The van der Waals surface area contributed by atoms with Crippen molar-refractivity contribution in [1.29, 1.82) is 0 Å². The molecule has 0 bridgehead atoms. The number of hydrogen-bond acceptors (Lipinski definition) is 0. The van der Waals surface area contributed by atoms with Crippen LogP contribution in [-0.4, -0.2) is 0 Å². The van der Waals surface area contributed by atoms with Crippen LogP contribution < -0.4 is 0 Å². The van der Waals surface area contributed by atoms with Gasteiger partial charge in [-0.3, -0.25) is 0 Å². The molecule has 0 aromatic carbocycles. The molecule has 0 rings (SSSR count). The first-order valence-electron chi connectivity index (χ1n) is 11.9. The maximum atomic E-state index is 3.32. The lowest BCUT2D eigenvalue weighted by Gasteiger charge is -2.03. The smallest absolute Gasteiger partial charge is 0.00886 e. The lowest BCUT2D eigenvalue weighted by atomic mass is 10.0. The van der Waals surface area contributed by atoms with E-state index >= 15 is 0 Å². The normalized spacial score (nSPS) is 10.6. The summed E-state index contributed by atoms with van der Waals surface area (Å²) in [6.07, 6.45) is 29.4. The third kappa shape index (κ3) is 23.6. The summed E-state index contributed by atoms with van der Waals surface area (Å²) in [6.45, 7) is 4.53. The molecule has 0 unspecified atom stereocenters. The molecule has 0 heteroatoms. The van der Waals surface area contributed by atoms with Crippen molar-refractivity contribution < 1.29 is 0 Å². The highest BCUT2D eigenvalue weighted by Crippen LogP contribution is 2.14. The summed E-state index contributed by atoms with van der Waals surface area (Å²) in [5.74, 6) is 6.61. The Morgan fingerprint density at radius 2 is 0.600 bits per heavy atom. The van der Waals surface area contributed by atoms with Gasteiger partial charge in [-0.15, -0.1) is 11.8 Å². The topological polar surface area (TPSA) is 0 Å². The molecule has 0 spiro atoms. The van der Waals surface area contributed by atoms with E-state index in [4.69, 9.17) is 0 Å². The SMILES string of the molecule is CCCCC#CCCCCCCCCCCCCCCCCCCC. The number of rotatable bonds is 19. The van der Waals surface area contributed by atoms with Gasteiger partial charge in [0.05, 0.1) is 0 Å². The summed E-state index contributed by atoms with van der Waals surface area (Å²) in [6, 6.07) is 0. The fourth-order valence-corrected chi connectivity index (χ4v) is 3.38. The van der Waals surface area contributed by atoms with Crippen molar-refractivity contribution in [2.24, 2.45) is 0 Å². The van der Waals surface area contributed by atoms with E-state index in [2.05, 4.69) is 25.7 Å². The Morgan fingerprint density at radius 3 is 0.960 bits per heavy atom. The maximum absolute atomic E-state index is 3.32. The second-order valence-electron chi connectivity index (χ2n) is 7.86. The van der Waals surface area contributed by atoms with Crippen LogP contribution in [0.25, 0.3) is 0 Å². The number of hydrogen-bond donors (Lipinski definition) is 0. The predicted octanol–water partition coefficient (Wildman–Crippen LogP) is 9.22. The average molecular weight is 349 g/mol. The second kappa shape index (κ2) is 23.6.